The third-order valence-corrected chi connectivity index (χ3v) is 5.26. The van der Waals surface area contributed by atoms with E-state index in [1.54, 1.807) is 28.9 Å². The highest BCUT2D eigenvalue weighted by Crippen LogP contribution is 2.21. The van der Waals surface area contributed by atoms with Crippen LogP contribution in [0.5, 0.6) is 0 Å². The maximum absolute atomic E-state index is 11.3. The van der Waals surface area contributed by atoms with Crippen molar-refractivity contribution in [2.45, 2.75) is 25.7 Å². The summed E-state index contributed by atoms with van der Waals surface area (Å²) in [4.78, 5) is 13.4. The number of hydrogen-bond donors (Lipinski definition) is 2. The zero-order valence-corrected chi connectivity index (χ0v) is 15.2. The Balaban J connectivity index is 1.73. The Bertz CT molecular complexity index is 922. The number of aromatic carboxylic acids is 1. The van der Waals surface area contributed by atoms with Crippen molar-refractivity contribution < 1.29 is 23.4 Å². The van der Waals surface area contributed by atoms with Crippen LogP contribution in [-0.2, 0) is 29.5 Å². The number of benzene rings is 1. The molecule has 9 heteroatoms. The van der Waals surface area contributed by atoms with Crippen LogP contribution in [0.25, 0.3) is 0 Å². The van der Waals surface area contributed by atoms with E-state index in [4.69, 9.17) is 0 Å². The van der Waals surface area contributed by atoms with Crippen molar-refractivity contribution in [3.63, 3.8) is 0 Å². The fraction of sp³-hybridized carbons (Fsp3) is 0.412. The van der Waals surface area contributed by atoms with Crippen LogP contribution in [0.3, 0.4) is 0 Å². The van der Waals surface area contributed by atoms with Crippen molar-refractivity contribution in [3.05, 3.63) is 52.8 Å². The lowest BCUT2D eigenvalue weighted by Crippen LogP contribution is -2.33. The molecule has 0 fully saturated rings. The second-order valence-corrected chi connectivity index (χ2v) is 8.75. The monoisotopic (exact) mass is 379 g/mol. The molecule has 8 nitrogen and oxygen atoms in total. The molecular weight excluding hydrogens is 358 g/mol. The van der Waals surface area contributed by atoms with Crippen molar-refractivity contribution in [3.8, 4) is 0 Å². The number of aliphatic hydroxyl groups is 1. The molecule has 1 aliphatic heterocycles. The average Bonchev–Trinajstić information content (AvgIpc) is 2.97. The lowest BCUT2D eigenvalue weighted by atomic mass is 10.1. The topological polar surface area (TPSA) is 113 Å². The van der Waals surface area contributed by atoms with Gasteiger partial charge in [0.25, 0.3) is 0 Å². The van der Waals surface area contributed by atoms with Gasteiger partial charge in [0.2, 0.25) is 0 Å². The summed E-state index contributed by atoms with van der Waals surface area (Å²) in [6, 6.07) is 8.62. The van der Waals surface area contributed by atoms with Gasteiger partial charge in [-0.15, -0.1) is 0 Å². The first-order chi connectivity index (χ1) is 12.2. The molecule has 0 radical (unpaired) electrons. The first kappa shape index (κ1) is 18.6. The SMILES string of the molecule is CS(=O)(=O)CC(O)c1cc2n(n1)CCN(Cc1ccccc1C(=O)O)C2. The van der Waals surface area contributed by atoms with Crippen LogP contribution >= 0.6 is 0 Å². The molecule has 1 unspecified atom stereocenters. The second kappa shape index (κ2) is 7.18. The molecule has 0 bridgehead atoms. The predicted octanol–water partition coefficient (Wildman–Crippen LogP) is 0.675. The van der Waals surface area contributed by atoms with Crippen LogP contribution in [0.2, 0.25) is 0 Å². The molecule has 1 aliphatic rings. The van der Waals surface area contributed by atoms with Gasteiger partial charge >= 0.3 is 5.97 Å². The minimum atomic E-state index is -3.30. The molecule has 1 aromatic carbocycles. The van der Waals surface area contributed by atoms with Gasteiger partial charge in [-0.2, -0.15) is 5.10 Å². The number of carboxylic acid groups (broad SMARTS) is 1. The quantitative estimate of drug-likeness (QED) is 0.759. The van der Waals surface area contributed by atoms with Crippen molar-refractivity contribution >= 4 is 15.8 Å². The van der Waals surface area contributed by atoms with E-state index in [1.165, 1.54) is 0 Å². The fourth-order valence-corrected chi connectivity index (χ4v) is 3.86. The molecule has 1 atom stereocenters. The van der Waals surface area contributed by atoms with E-state index < -0.39 is 21.9 Å². The van der Waals surface area contributed by atoms with Gasteiger partial charge in [-0.1, -0.05) is 18.2 Å². The number of carbonyl (C=O) groups is 1. The lowest BCUT2D eigenvalue weighted by Gasteiger charge is -2.27. The number of aliphatic hydroxyl groups excluding tert-OH is 1. The number of aromatic nitrogens is 2. The zero-order valence-electron chi connectivity index (χ0n) is 14.4. The maximum Gasteiger partial charge on any atom is 0.336 e. The van der Waals surface area contributed by atoms with Crippen LogP contribution in [-0.4, -0.2) is 57.8 Å². The molecule has 0 spiro atoms. The van der Waals surface area contributed by atoms with E-state index in [0.717, 1.165) is 17.5 Å². The Labute approximate surface area is 151 Å². The molecule has 2 N–H and O–H groups in total. The summed E-state index contributed by atoms with van der Waals surface area (Å²) in [5.74, 6) is -1.31. The van der Waals surface area contributed by atoms with E-state index in [-0.39, 0.29) is 11.3 Å². The van der Waals surface area contributed by atoms with E-state index >= 15 is 0 Å². The van der Waals surface area contributed by atoms with Crippen molar-refractivity contribution in [1.82, 2.24) is 14.7 Å². The van der Waals surface area contributed by atoms with E-state index in [1.807, 2.05) is 6.07 Å². The number of sulfone groups is 1. The van der Waals surface area contributed by atoms with Gasteiger partial charge in [-0.25, -0.2) is 13.2 Å². The van der Waals surface area contributed by atoms with Crippen molar-refractivity contribution in [1.29, 1.82) is 0 Å². The van der Waals surface area contributed by atoms with Crippen LogP contribution in [0.15, 0.2) is 30.3 Å². The summed E-state index contributed by atoms with van der Waals surface area (Å²) in [7, 11) is -3.30. The first-order valence-corrected chi connectivity index (χ1v) is 10.2. The van der Waals surface area contributed by atoms with E-state index in [0.29, 0.717) is 31.9 Å². The summed E-state index contributed by atoms with van der Waals surface area (Å²) in [6.07, 6.45) is -0.0716. The molecule has 0 amide bonds. The van der Waals surface area contributed by atoms with Crippen LogP contribution < -0.4 is 0 Å². The molecule has 3 rings (SSSR count). The number of rotatable bonds is 6. The predicted molar refractivity (Wildman–Crippen MR) is 94.4 cm³/mol. The van der Waals surface area contributed by atoms with Crippen LogP contribution in [0.4, 0.5) is 0 Å². The minimum Gasteiger partial charge on any atom is -0.478 e. The van der Waals surface area contributed by atoms with Crippen molar-refractivity contribution in [2.75, 3.05) is 18.6 Å². The number of nitrogens with zero attached hydrogens (tertiary/aromatic N) is 3. The van der Waals surface area contributed by atoms with Gasteiger partial charge in [0.1, 0.15) is 15.9 Å². The van der Waals surface area contributed by atoms with Gasteiger partial charge in [0.05, 0.1) is 29.2 Å². The molecule has 2 aromatic rings. The first-order valence-electron chi connectivity index (χ1n) is 8.19. The summed E-state index contributed by atoms with van der Waals surface area (Å²) < 4.78 is 24.5. The average molecular weight is 379 g/mol. The molecular formula is C17H21N3O5S. The zero-order chi connectivity index (χ0) is 18.9. The smallest absolute Gasteiger partial charge is 0.336 e. The van der Waals surface area contributed by atoms with E-state index in [2.05, 4.69) is 10.00 Å². The Hall–Kier alpha value is -2.23. The lowest BCUT2D eigenvalue weighted by molar-refractivity contribution is 0.0694. The Kier molecular flexibility index (Phi) is 5.12. The summed E-state index contributed by atoms with van der Waals surface area (Å²) >= 11 is 0. The largest absolute Gasteiger partial charge is 0.478 e. The fourth-order valence-electron chi connectivity index (χ4n) is 3.12. The van der Waals surface area contributed by atoms with E-state index in [9.17, 15) is 23.4 Å². The van der Waals surface area contributed by atoms with Gasteiger partial charge in [-0.3, -0.25) is 9.58 Å². The summed E-state index contributed by atoms with van der Waals surface area (Å²) in [5, 5.41) is 23.7. The number of hydrogen-bond acceptors (Lipinski definition) is 6. The van der Waals surface area contributed by atoms with Gasteiger partial charge in [-0.05, 0) is 17.7 Å². The standard InChI is InChI=1S/C17H21N3O5S/c1-26(24,25)11-16(21)15-8-13-10-19(6-7-20(13)18-15)9-12-4-2-3-5-14(12)17(22)23/h2-5,8,16,21H,6-7,9-11H2,1H3,(H,22,23). The van der Waals surface area contributed by atoms with Crippen LogP contribution in [0.1, 0.15) is 33.4 Å². The molecule has 26 heavy (non-hydrogen) atoms. The maximum atomic E-state index is 11.3. The third kappa shape index (κ3) is 4.29. The number of carboxylic acids is 1. The molecule has 1 aromatic heterocycles. The highest BCUT2D eigenvalue weighted by Gasteiger charge is 2.24. The Morgan fingerprint density at radius 1 is 1.31 bits per heavy atom. The van der Waals surface area contributed by atoms with Crippen LogP contribution in [0, 0.1) is 0 Å². The second-order valence-electron chi connectivity index (χ2n) is 6.56. The molecule has 2 heterocycles. The Morgan fingerprint density at radius 2 is 2.04 bits per heavy atom. The van der Waals surface area contributed by atoms with Crippen molar-refractivity contribution in [2.24, 2.45) is 0 Å². The molecule has 140 valence electrons. The molecule has 0 saturated carbocycles. The Morgan fingerprint density at radius 3 is 2.73 bits per heavy atom. The highest BCUT2D eigenvalue weighted by atomic mass is 32.2. The minimum absolute atomic E-state index is 0.288. The summed E-state index contributed by atoms with van der Waals surface area (Å²) in [6.45, 7) is 2.32. The third-order valence-electron chi connectivity index (χ3n) is 4.34. The van der Waals surface area contributed by atoms with Gasteiger partial charge in [0, 0.05) is 25.9 Å². The normalized spacial score (nSPS) is 16.2. The summed E-state index contributed by atoms with van der Waals surface area (Å²) in [5.41, 5.74) is 2.24. The van der Waals surface area contributed by atoms with Gasteiger partial charge < -0.3 is 10.2 Å². The highest BCUT2D eigenvalue weighted by molar-refractivity contribution is 7.90. The molecule has 0 saturated heterocycles. The molecule has 0 aliphatic carbocycles. The van der Waals surface area contributed by atoms with Gasteiger partial charge in [0.15, 0.2) is 0 Å². The number of fused-ring (bicyclic) bond motifs is 1.